The standard InChI is InChI=1S/C10H12O4/c1-6(2)14-9-4-7(10(12)13)3-8(11)5-9/h3-6,11H,1-2H3,(H,12,13). The van der Waals surface area contributed by atoms with E-state index in [1.54, 1.807) is 0 Å². The molecule has 0 fully saturated rings. The fraction of sp³-hybridized carbons (Fsp3) is 0.300. The number of carbonyl (C=O) groups is 1. The summed E-state index contributed by atoms with van der Waals surface area (Å²) in [5, 5.41) is 17.9. The second-order valence-electron chi connectivity index (χ2n) is 3.19. The van der Waals surface area contributed by atoms with Gasteiger partial charge in [-0.15, -0.1) is 0 Å². The van der Waals surface area contributed by atoms with Crippen molar-refractivity contribution < 1.29 is 19.7 Å². The highest BCUT2D eigenvalue weighted by Gasteiger charge is 2.08. The summed E-state index contributed by atoms with van der Waals surface area (Å²) in [5.74, 6) is -0.840. The fourth-order valence-electron chi connectivity index (χ4n) is 1.05. The second kappa shape index (κ2) is 4.00. The maximum Gasteiger partial charge on any atom is 0.335 e. The number of hydrogen-bond donors (Lipinski definition) is 2. The van der Waals surface area contributed by atoms with Crippen molar-refractivity contribution in [1.29, 1.82) is 0 Å². The van der Waals surface area contributed by atoms with Crippen molar-refractivity contribution in [3.8, 4) is 11.5 Å². The van der Waals surface area contributed by atoms with Crippen molar-refractivity contribution >= 4 is 5.97 Å². The molecule has 2 N–H and O–H groups in total. The van der Waals surface area contributed by atoms with Gasteiger partial charge >= 0.3 is 5.97 Å². The van der Waals surface area contributed by atoms with Crippen LogP contribution in [0.3, 0.4) is 0 Å². The number of carboxylic acid groups (broad SMARTS) is 1. The minimum absolute atomic E-state index is 0.0145. The lowest BCUT2D eigenvalue weighted by atomic mass is 10.2. The van der Waals surface area contributed by atoms with Crippen LogP contribution in [0.2, 0.25) is 0 Å². The summed E-state index contributed by atoms with van der Waals surface area (Å²) >= 11 is 0. The van der Waals surface area contributed by atoms with Crippen molar-refractivity contribution in [3.63, 3.8) is 0 Å². The highest BCUT2D eigenvalue weighted by Crippen LogP contribution is 2.22. The third-order valence-corrected chi connectivity index (χ3v) is 1.51. The number of carboxylic acids is 1. The molecule has 4 heteroatoms. The van der Waals surface area contributed by atoms with Gasteiger partial charge in [0.1, 0.15) is 11.5 Å². The molecular formula is C10H12O4. The molecule has 4 nitrogen and oxygen atoms in total. The molecule has 0 unspecified atom stereocenters. The van der Waals surface area contributed by atoms with Crippen LogP contribution in [-0.2, 0) is 0 Å². The Kier molecular flexibility index (Phi) is 2.96. The zero-order valence-electron chi connectivity index (χ0n) is 8.02. The van der Waals surface area contributed by atoms with Crippen LogP contribution in [0.1, 0.15) is 24.2 Å². The third kappa shape index (κ3) is 2.65. The molecule has 0 aliphatic rings. The molecule has 14 heavy (non-hydrogen) atoms. The van der Waals surface area contributed by atoms with Crippen molar-refractivity contribution in [1.82, 2.24) is 0 Å². The first-order valence-electron chi connectivity index (χ1n) is 4.23. The largest absolute Gasteiger partial charge is 0.508 e. The Bertz CT molecular complexity index is 344. The van der Waals surface area contributed by atoms with E-state index >= 15 is 0 Å². The van der Waals surface area contributed by atoms with Crippen molar-refractivity contribution in [2.75, 3.05) is 0 Å². The maximum atomic E-state index is 10.6. The molecule has 0 amide bonds. The highest BCUT2D eigenvalue weighted by atomic mass is 16.5. The summed E-state index contributed by atoms with van der Waals surface area (Å²) in [7, 11) is 0. The van der Waals surface area contributed by atoms with Crippen LogP contribution in [0.5, 0.6) is 11.5 Å². The first-order chi connectivity index (χ1) is 6.49. The Morgan fingerprint density at radius 1 is 1.36 bits per heavy atom. The lowest BCUT2D eigenvalue weighted by Gasteiger charge is -2.10. The van der Waals surface area contributed by atoms with Gasteiger partial charge in [0.15, 0.2) is 0 Å². The van der Waals surface area contributed by atoms with Crippen LogP contribution < -0.4 is 4.74 Å². The van der Waals surface area contributed by atoms with Crippen LogP contribution in [0.25, 0.3) is 0 Å². The monoisotopic (exact) mass is 196 g/mol. The van der Waals surface area contributed by atoms with Gasteiger partial charge in [0, 0.05) is 6.07 Å². The number of phenolic OH excluding ortho intramolecular Hbond substituents is 1. The van der Waals surface area contributed by atoms with Gasteiger partial charge in [0.25, 0.3) is 0 Å². The zero-order valence-corrected chi connectivity index (χ0v) is 8.02. The van der Waals surface area contributed by atoms with Crippen LogP contribution in [-0.4, -0.2) is 22.3 Å². The molecule has 0 atom stereocenters. The van der Waals surface area contributed by atoms with E-state index < -0.39 is 5.97 Å². The zero-order chi connectivity index (χ0) is 10.7. The molecule has 0 spiro atoms. The Morgan fingerprint density at radius 2 is 2.00 bits per heavy atom. The van der Waals surface area contributed by atoms with Gasteiger partial charge in [0.05, 0.1) is 11.7 Å². The van der Waals surface area contributed by atoms with Gasteiger partial charge in [-0.2, -0.15) is 0 Å². The number of hydrogen-bond acceptors (Lipinski definition) is 3. The maximum absolute atomic E-state index is 10.6. The Hall–Kier alpha value is -1.71. The average molecular weight is 196 g/mol. The normalized spacial score (nSPS) is 10.2. The summed E-state index contributed by atoms with van der Waals surface area (Å²) in [4.78, 5) is 10.6. The molecule has 0 heterocycles. The molecule has 76 valence electrons. The number of aromatic hydroxyl groups is 1. The molecule has 0 radical (unpaired) electrons. The minimum atomic E-state index is -1.09. The fourth-order valence-corrected chi connectivity index (χ4v) is 1.05. The number of ether oxygens (including phenoxy) is 1. The molecule has 0 aromatic heterocycles. The quantitative estimate of drug-likeness (QED) is 0.774. The topological polar surface area (TPSA) is 66.8 Å². The van der Waals surface area contributed by atoms with Gasteiger partial charge in [-0.1, -0.05) is 0 Å². The molecule has 0 saturated heterocycles. The van der Waals surface area contributed by atoms with Gasteiger partial charge in [-0.3, -0.25) is 0 Å². The van der Waals surface area contributed by atoms with E-state index in [1.165, 1.54) is 18.2 Å². The van der Waals surface area contributed by atoms with E-state index in [2.05, 4.69) is 0 Å². The summed E-state index contributed by atoms with van der Waals surface area (Å²) in [6.45, 7) is 3.65. The molecule has 1 aromatic carbocycles. The predicted molar refractivity (Wildman–Crippen MR) is 50.8 cm³/mol. The first-order valence-corrected chi connectivity index (χ1v) is 4.23. The summed E-state index contributed by atoms with van der Waals surface area (Å²) in [6, 6.07) is 3.93. The van der Waals surface area contributed by atoms with Crippen LogP contribution in [0.4, 0.5) is 0 Å². The molecule has 0 aliphatic heterocycles. The number of aromatic carboxylic acids is 1. The number of rotatable bonds is 3. The van der Waals surface area contributed by atoms with Crippen LogP contribution in [0.15, 0.2) is 18.2 Å². The van der Waals surface area contributed by atoms with Crippen LogP contribution >= 0.6 is 0 Å². The highest BCUT2D eigenvalue weighted by molar-refractivity contribution is 5.88. The van der Waals surface area contributed by atoms with E-state index in [4.69, 9.17) is 9.84 Å². The Labute approximate surface area is 81.8 Å². The predicted octanol–water partition coefficient (Wildman–Crippen LogP) is 1.88. The minimum Gasteiger partial charge on any atom is -0.508 e. The lowest BCUT2D eigenvalue weighted by Crippen LogP contribution is -2.06. The summed E-state index contributed by atoms with van der Waals surface area (Å²) < 4.78 is 5.26. The average Bonchev–Trinajstić information content (AvgIpc) is 2.01. The van der Waals surface area contributed by atoms with Crippen molar-refractivity contribution in [2.24, 2.45) is 0 Å². The van der Waals surface area contributed by atoms with E-state index in [0.29, 0.717) is 5.75 Å². The lowest BCUT2D eigenvalue weighted by molar-refractivity contribution is 0.0695. The van der Waals surface area contributed by atoms with E-state index in [1.807, 2.05) is 13.8 Å². The third-order valence-electron chi connectivity index (χ3n) is 1.51. The van der Waals surface area contributed by atoms with Gasteiger partial charge in [0.2, 0.25) is 0 Å². The van der Waals surface area contributed by atoms with Crippen molar-refractivity contribution in [3.05, 3.63) is 23.8 Å². The molecule has 0 saturated carbocycles. The van der Waals surface area contributed by atoms with Gasteiger partial charge in [-0.25, -0.2) is 4.79 Å². The Morgan fingerprint density at radius 3 is 2.50 bits per heavy atom. The smallest absolute Gasteiger partial charge is 0.335 e. The number of phenols is 1. The van der Waals surface area contributed by atoms with E-state index in [0.717, 1.165) is 0 Å². The molecular weight excluding hydrogens is 184 g/mol. The summed E-state index contributed by atoms with van der Waals surface area (Å²) in [5.41, 5.74) is 0.0145. The van der Waals surface area contributed by atoms with Gasteiger partial charge in [-0.05, 0) is 26.0 Å². The molecule has 0 bridgehead atoms. The summed E-state index contributed by atoms with van der Waals surface area (Å²) in [6.07, 6.45) is -0.0570. The SMILES string of the molecule is CC(C)Oc1cc(O)cc(C(=O)O)c1. The van der Waals surface area contributed by atoms with E-state index in [-0.39, 0.29) is 17.4 Å². The van der Waals surface area contributed by atoms with E-state index in [9.17, 15) is 9.90 Å². The van der Waals surface area contributed by atoms with Crippen LogP contribution in [0, 0.1) is 0 Å². The molecule has 1 aromatic rings. The number of benzene rings is 1. The Balaban J connectivity index is 3.01. The van der Waals surface area contributed by atoms with Crippen molar-refractivity contribution in [2.45, 2.75) is 20.0 Å². The first kappa shape index (κ1) is 10.4. The second-order valence-corrected chi connectivity index (χ2v) is 3.19. The molecule has 1 rings (SSSR count). The van der Waals surface area contributed by atoms with Gasteiger partial charge < -0.3 is 14.9 Å². The molecule has 0 aliphatic carbocycles.